The molecule has 17 heavy (non-hydrogen) atoms. The maximum atomic E-state index is 6.75. The summed E-state index contributed by atoms with van der Waals surface area (Å²) in [6.07, 6.45) is 11.4. The summed E-state index contributed by atoms with van der Waals surface area (Å²) < 4.78 is 0. The van der Waals surface area contributed by atoms with Crippen LogP contribution in [0.1, 0.15) is 65.2 Å². The zero-order valence-electron chi connectivity index (χ0n) is 11.6. The van der Waals surface area contributed by atoms with Gasteiger partial charge in [-0.1, -0.05) is 20.3 Å². The number of fused-ring (bicyclic) bond motifs is 2. The molecule has 0 spiro atoms. The van der Waals surface area contributed by atoms with Gasteiger partial charge < -0.3 is 5.73 Å². The highest BCUT2D eigenvalue weighted by molar-refractivity contribution is 4.98. The molecule has 0 radical (unpaired) electrons. The summed E-state index contributed by atoms with van der Waals surface area (Å²) in [4.78, 5) is 0. The molecule has 3 fully saturated rings. The van der Waals surface area contributed by atoms with E-state index in [1.807, 2.05) is 0 Å². The van der Waals surface area contributed by atoms with Crippen molar-refractivity contribution in [2.45, 2.75) is 70.8 Å². The van der Waals surface area contributed by atoms with E-state index in [1.165, 1.54) is 51.4 Å². The van der Waals surface area contributed by atoms with Crippen LogP contribution in [0.4, 0.5) is 0 Å². The van der Waals surface area contributed by atoms with Gasteiger partial charge in [-0.25, -0.2) is 0 Å². The van der Waals surface area contributed by atoms with Gasteiger partial charge in [0.1, 0.15) is 0 Å². The molecule has 2 bridgehead atoms. The Morgan fingerprint density at radius 3 is 2.24 bits per heavy atom. The molecule has 0 saturated heterocycles. The van der Waals surface area contributed by atoms with Crippen molar-refractivity contribution in [2.75, 3.05) is 0 Å². The lowest BCUT2D eigenvalue weighted by Crippen LogP contribution is -2.48. The Balaban J connectivity index is 1.63. The predicted molar refractivity (Wildman–Crippen MR) is 72.7 cm³/mol. The van der Waals surface area contributed by atoms with Crippen LogP contribution >= 0.6 is 0 Å². The van der Waals surface area contributed by atoms with Crippen molar-refractivity contribution in [3.05, 3.63) is 0 Å². The lowest BCUT2D eigenvalue weighted by Gasteiger charge is -2.43. The molecular formula is C16H29N. The molecule has 5 atom stereocenters. The summed E-state index contributed by atoms with van der Waals surface area (Å²) in [6.45, 7) is 4.80. The Hall–Kier alpha value is -0.0400. The van der Waals surface area contributed by atoms with Gasteiger partial charge in [0.15, 0.2) is 0 Å². The van der Waals surface area contributed by atoms with Crippen molar-refractivity contribution in [3.8, 4) is 0 Å². The van der Waals surface area contributed by atoms with E-state index in [2.05, 4.69) is 13.8 Å². The van der Waals surface area contributed by atoms with Gasteiger partial charge in [-0.15, -0.1) is 0 Å². The predicted octanol–water partition coefficient (Wildman–Crippen LogP) is 3.97. The van der Waals surface area contributed by atoms with Gasteiger partial charge in [-0.05, 0) is 74.5 Å². The monoisotopic (exact) mass is 235 g/mol. The average molecular weight is 235 g/mol. The van der Waals surface area contributed by atoms with Crippen molar-refractivity contribution >= 4 is 0 Å². The summed E-state index contributed by atoms with van der Waals surface area (Å²) >= 11 is 0. The van der Waals surface area contributed by atoms with Crippen molar-refractivity contribution < 1.29 is 0 Å². The molecule has 1 nitrogen and oxygen atoms in total. The highest BCUT2D eigenvalue weighted by atomic mass is 14.8. The number of hydrogen-bond acceptors (Lipinski definition) is 1. The van der Waals surface area contributed by atoms with E-state index in [0.717, 1.165) is 29.6 Å². The first-order chi connectivity index (χ1) is 8.04. The maximum absolute atomic E-state index is 6.75. The van der Waals surface area contributed by atoms with E-state index in [9.17, 15) is 0 Å². The molecule has 0 aromatic rings. The zero-order valence-corrected chi connectivity index (χ0v) is 11.6. The third kappa shape index (κ3) is 2.41. The van der Waals surface area contributed by atoms with Crippen LogP contribution < -0.4 is 5.73 Å². The van der Waals surface area contributed by atoms with E-state index in [4.69, 9.17) is 5.73 Å². The quantitative estimate of drug-likeness (QED) is 0.770. The van der Waals surface area contributed by atoms with Gasteiger partial charge in [0, 0.05) is 5.54 Å². The first-order valence-corrected chi connectivity index (χ1v) is 7.83. The van der Waals surface area contributed by atoms with Gasteiger partial charge in [-0.2, -0.15) is 0 Å². The second kappa shape index (κ2) is 4.26. The SMILES string of the molecule is CC1CC(C)CC(N)(CC2CC3CCC2C3)C1. The van der Waals surface area contributed by atoms with E-state index >= 15 is 0 Å². The van der Waals surface area contributed by atoms with Gasteiger partial charge in [-0.3, -0.25) is 0 Å². The molecule has 0 aromatic carbocycles. The van der Waals surface area contributed by atoms with Crippen molar-refractivity contribution in [1.29, 1.82) is 0 Å². The Labute approximate surface area is 107 Å². The fraction of sp³-hybridized carbons (Fsp3) is 1.00. The average Bonchev–Trinajstić information content (AvgIpc) is 2.75. The largest absolute Gasteiger partial charge is 0.325 e. The lowest BCUT2D eigenvalue weighted by atomic mass is 9.67. The third-order valence-corrected chi connectivity index (χ3v) is 5.87. The minimum Gasteiger partial charge on any atom is -0.325 e. The van der Waals surface area contributed by atoms with Crippen LogP contribution in [-0.2, 0) is 0 Å². The standard InChI is InChI=1S/C16H29N/c1-11-5-12(2)9-16(17,8-11)10-15-7-13-3-4-14(15)6-13/h11-15H,3-10,17H2,1-2H3. The van der Waals surface area contributed by atoms with E-state index in [-0.39, 0.29) is 5.54 Å². The van der Waals surface area contributed by atoms with Gasteiger partial charge in [0.05, 0.1) is 0 Å². The molecule has 5 unspecified atom stereocenters. The highest BCUT2D eigenvalue weighted by Gasteiger charge is 2.44. The number of hydrogen-bond donors (Lipinski definition) is 1. The normalized spacial score (nSPS) is 54.2. The highest BCUT2D eigenvalue weighted by Crippen LogP contribution is 2.52. The van der Waals surface area contributed by atoms with Crippen molar-refractivity contribution in [1.82, 2.24) is 0 Å². The molecule has 3 aliphatic carbocycles. The minimum absolute atomic E-state index is 0.187. The molecule has 1 heteroatoms. The Bertz CT molecular complexity index is 275. The summed E-state index contributed by atoms with van der Waals surface area (Å²) in [7, 11) is 0. The molecular weight excluding hydrogens is 206 g/mol. The first-order valence-electron chi connectivity index (χ1n) is 7.83. The van der Waals surface area contributed by atoms with E-state index < -0.39 is 0 Å². The third-order valence-electron chi connectivity index (χ3n) is 5.87. The number of rotatable bonds is 2. The van der Waals surface area contributed by atoms with Crippen LogP contribution in [-0.4, -0.2) is 5.54 Å². The minimum atomic E-state index is 0.187. The Morgan fingerprint density at radius 2 is 1.71 bits per heavy atom. The van der Waals surface area contributed by atoms with Gasteiger partial charge in [0.2, 0.25) is 0 Å². The van der Waals surface area contributed by atoms with Crippen LogP contribution in [0, 0.1) is 29.6 Å². The molecule has 98 valence electrons. The van der Waals surface area contributed by atoms with Crippen LogP contribution in [0.15, 0.2) is 0 Å². The van der Waals surface area contributed by atoms with Crippen LogP contribution in [0.5, 0.6) is 0 Å². The van der Waals surface area contributed by atoms with Gasteiger partial charge in [0.25, 0.3) is 0 Å². The second-order valence-electron chi connectivity index (χ2n) is 7.86. The molecule has 0 aromatic heterocycles. The summed E-state index contributed by atoms with van der Waals surface area (Å²) in [5.41, 5.74) is 6.94. The van der Waals surface area contributed by atoms with Crippen LogP contribution in [0.2, 0.25) is 0 Å². The fourth-order valence-corrected chi connectivity index (χ4v) is 5.64. The zero-order chi connectivity index (χ0) is 12.0. The van der Waals surface area contributed by atoms with Crippen LogP contribution in [0.25, 0.3) is 0 Å². The van der Waals surface area contributed by atoms with Crippen LogP contribution in [0.3, 0.4) is 0 Å². The summed E-state index contributed by atoms with van der Waals surface area (Å²) in [6, 6.07) is 0. The van der Waals surface area contributed by atoms with Crippen molar-refractivity contribution in [3.63, 3.8) is 0 Å². The molecule has 3 rings (SSSR count). The molecule has 3 saturated carbocycles. The fourth-order valence-electron chi connectivity index (χ4n) is 5.64. The maximum Gasteiger partial charge on any atom is 0.0162 e. The van der Waals surface area contributed by atoms with Crippen molar-refractivity contribution in [2.24, 2.45) is 35.3 Å². The molecule has 0 aliphatic heterocycles. The molecule has 0 heterocycles. The Kier molecular flexibility index (Phi) is 3.01. The first kappa shape index (κ1) is 12.0. The molecule has 3 aliphatic rings. The summed E-state index contributed by atoms with van der Waals surface area (Å²) in [5.74, 6) is 4.81. The smallest absolute Gasteiger partial charge is 0.0162 e. The second-order valence-corrected chi connectivity index (χ2v) is 7.86. The molecule has 2 N–H and O–H groups in total. The summed E-state index contributed by atoms with van der Waals surface area (Å²) in [5, 5.41) is 0. The molecule has 0 amide bonds. The van der Waals surface area contributed by atoms with Gasteiger partial charge >= 0.3 is 0 Å². The van der Waals surface area contributed by atoms with E-state index in [0.29, 0.717) is 0 Å². The topological polar surface area (TPSA) is 26.0 Å². The lowest BCUT2D eigenvalue weighted by molar-refractivity contribution is 0.135. The van der Waals surface area contributed by atoms with E-state index in [1.54, 1.807) is 0 Å². The Morgan fingerprint density at radius 1 is 1.00 bits per heavy atom. The number of nitrogens with two attached hydrogens (primary N) is 1.